The van der Waals surface area contributed by atoms with Gasteiger partial charge >= 0.3 is 5.97 Å². The van der Waals surface area contributed by atoms with E-state index in [1.165, 1.54) is 7.11 Å². The molecule has 0 amide bonds. The van der Waals surface area contributed by atoms with E-state index in [2.05, 4.69) is 9.72 Å². The zero-order valence-electron chi connectivity index (χ0n) is 8.63. The van der Waals surface area contributed by atoms with Gasteiger partial charge in [-0.3, -0.25) is 0 Å². The van der Waals surface area contributed by atoms with Crippen molar-refractivity contribution in [3.8, 4) is 0 Å². The third kappa shape index (κ3) is 1.54. The molecule has 2 rings (SSSR count). The average molecular weight is 204 g/mol. The maximum atomic E-state index is 11.3. The molecular weight excluding hydrogens is 192 g/mol. The number of rotatable bonds is 1. The average Bonchev–Trinajstić information content (AvgIpc) is 2.60. The molecule has 1 heterocycles. The number of hydrogen-bond acceptors (Lipinski definition) is 3. The molecule has 0 atom stereocenters. The van der Waals surface area contributed by atoms with Gasteiger partial charge in [-0.1, -0.05) is 0 Å². The van der Waals surface area contributed by atoms with Crippen LogP contribution in [0.3, 0.4) is 0 Å². The van der Waals surface area contributed by atoms with E-state index in [0.717, 1.165) is 16.5 Å². The second-order valence-electron chi connectivity index (χ2n) is 3.47. The largest absolute Gasteiger partial charge is 0.464 e. The van der Waals surface area contributed by atoms with E-state index in [9.17, 15) is 4.79 Å². The fourth-order valence-electron chi connectivity index (χ4n) is 1.67. The van der Waals surface area contributed by atoms with Crippen LogP contribution >= 0.6 is 0 Å². The third-order valence-corrected chi connectivity index (χ3v) is 2.37. The SMILES string of the molecule is COC(=O)c1cc2c(C)cc(N)cc2[nH]1. The number of aromatic amines is 1. The number of fused-ring (bicyclic) bond motifs is 1. The lowest BCUT2D eigenvalue weighted by Crippen LogP contribution is -2.00. The van der Waals surface area contributed by atoms with Crippen LogP contribution < -0.4 is 5.73 Å². The number of nitrogens with one attached hydrogen (secondary N) is 1. The van der Waals surface area contributed by atoms with Gasteiger partial charge in [-0.2, -0.15) is 0 Å². The molecule has 3 N–H and O–H groups in total. The van der Waals surface area contributed by atoms with E-state index >= 15 is 0 Å². The number of aromatic nitrogens is 1. The van der Waals surface area contributed by atoms with Crippen LogP contribution in [-0.4, -0.2) is 18.1 Å². The zero-order valence-corrected chi connectivity index (χ0v) is 8.63. The van der Waals surface area contributed by atoms with Crippen molar-refractivity contribution in [3.05, 3.63) is 29.5 Å². The van der Waals surface area contributed by atoms with Crippen molar-refractivity contribution in [1.82, 2.24) is 4.98 Å². The molecule has 1 aromatic carbocycles. The molecule has 0 bridgehead atoms. The zero-order chi connectivity index (χ0) is 11.0. The molecule has 0 saturated carbocycles. The summed E-state index contributed by atoms with van der Waals surface area (Å²) in [5.74, 6) is -0.371. The van der Waals surface area contributed by atoms with Gasteiger partial charge in [-0.05, 0) is 30.7 Å². The second kappa shape index (κ2) is 3.31. The van der Waals surface area contributed by atoms with Gasteiger partial charge < -0.3 is 15.5 Å². The first-order chi connectivity index (χ1) is 7.11. The van der Waals surface area contributed by atoms with Crippen molar-refractivity contribution < 1.29 is 9.53 Å². The molecular formula is C11H12N2O2. The first-order valence-electron chi connectivity index (χ1n) is 4.59. The predicted octanol–water partition coefficient (Wildman–Crippen LogP) is 1.85. The van der Waals surface area contributed by atoms with Gasteiger partial charge in [0.2, 0.25) is 0 Å². The highest BCUT2D eigenvalue weighted by Crippen LogP contribution is 2.22. The smallest absolute Gasteiger partial charge is 0.354 e. The Bertz CT molecular complexity index is 529. The van der Waals surface area contributed by atoms with Crippen LogP contribution in [0.4, 0.5) is 5.69 Å². The monoisotopic (exact) mass is 204 g/mol. The Hall–Kier alpha value is -1.97. The summed E-state index contributed by atoms with van der Waals surface area (Å²) in [6.07, 6.45) is 0. The van der Waals surface area contributed by atoms with Crippen LogP contribution in [0.1, 0.15) is 16.1 Å². The summed E-state index contributed by atoms with van der Waals surface area (Å²) in [6.45, 7) is 1.95. The van der Waals surface area contributed by atoms with E-state index in [4.69, 9.17) is 5.73 Å². The van der Waals surface area contributed by atoms with Crippen LogP contribution in [0, 0.1) is 6.92 Å². The molecule has 1 aromatic heterocycles. The number of anilines is 1. The normalized spacial score (nSPS) is 10.5. The van der Waals surface area contributed by atoms with Gasteiger partial charge in [-0.15, -0.1) is 0 Å². The lowest BCUT2D eigenvalue weighted by atomic mass is 10.1. The number of hydrogen-bond donors (Lipinski definition) is 2. The topological polar surface area (TPSA) is 68.1 Å². The number of esters is 1. The minimum atomic E-state index is -0.371. The lowest BCUT2D eigenvalue weighted by molar-refractivity contribution is 0.0595. The number of carbonyl (C=O) groups is 1. The molecule has 78 valence electrons. The molecule has 0 aliphatic heterocycles. The molecule has 0 aliphatic rings. The van der Waals surface area contributed by atoms with Crippen molar-refractivity contribution in [2.75, 3.05) is 12.8 Å². The number of carbonyl (C=O) groups excluding carboxylic acids is 1. The minimum Gasteiger partial charge on any atom is -0.464 e. The van der Waals surface area contributed by atoms with Crippen LogP contribution in [-0.2, 0) is 4.74 Å². The van der Waals surface area contributed by atoms with Crippen molar-refractivity contribution in [2.24, 2.45) is 0 Å². The maximum Gasteiger partial charge on any atom is 0.354 e. The lowest BCUT2D eigenvalue weighted by Gasteiger charge is -1.97. The molecule has 0 radical (unpaired) electrons. The Balaban J connectivity index is 2.65. The Morgan fingerprint density at radius 1 is 1.40 bits per heavy atom. The molecule has 0 spiro atoms. The van der Waals surface area contributed by atoms with E-state index in [-0.39, 0.29) is 5.97 Å². The van der Waals surface area contributed by atoms with Gasteiger partial charge in [0.25, 0.3) is 0 Å². The standard InChI is InChI=1S/C11H12N2O2/c1-6-3-7(12)4-9-8(6)5-10(13-9)11(14)15-2/h3-5,13H,12H2,1-2H3. The molecule has 0 saturated heterocycles. The number of nitrogens with two attached hydrogens (primary N) is 1. The summed E-state index contributed by atoms with van der Waals surface area (Å²) >= 11 is 0. The van der Waals surface area contributed by atoms with E-state index in [1.54, 1.807) is 12.1 Å². The van der Waals surface area contributed by atoms with Gasteiger partial charge in [-0.25, -0.2) is 4.79 Å². The Morgan fingerprint density at radius 3 is 2.80 bits per heavy atom. The molecule has 4 heteroatoms. The van der Waals surface area contributed by atoms with Crippen molar-refractivity contribution in [3.63, 3.8) is 0 Å². The second-order valence-corrected chi connectivity index (χ2v) is 3.47. The van der Waals surface area contributed by atoms with Crippen LogP contribution in [0.2, 0.25) is 0 Å². The van der Waals surface area contributed by atoms with E-state index in [0.29, 0.717) is 11.4 Å². The quantitative estimate of drug-likeness (QED) is 0.550. The van der Waals surface area contributed by atoms with Gasteiger partial charge in [0.1, 0.15) is 5.69 Å². The minimum absolute atomic E-state index is 0.371. The molecule has 0 unspecified atom stereocenters. The number of methoxy groups -OCH3 is 1. The third-order valence-electron chi connectivity index (χ3n) is 2.37. The predicted molar refractivity (Wildman–Crippen MR) is 58.8 cm³/mol. The van der Waals surface area contributed by atoms with E-state index in [1.807, 2.05) is 13.0 Å². The summed E-state index contributed by atoms with van der Waals surface area (Å²) in [4.78, 5) is 14.3. The summed E-state index contributed by atoms with van der Waals surface area (Å²) in [7, 11) is 1.36. The highest BCUT2D eigenvalue weighted by molar-refractivity contribution is 5.96. The molecule has 15 heavy (non-hydrogen) atoms. The number of H-pyrrole nitrogens is 1. The van der Waals surface area contributed by atoms with Gasteiger partial charge in [0.05, 0.1) is 7.11 Å². The number of nitrogen functional groups attached to an aromatic ring is 1. The Labute approximate surface area is 87.0 Å². The van der Waals surface area contributed by atoms with Gasteiger partial charge in [0, 0.05) is 16.6 Å². The molecule has 0 fully saturated rings. The Kier molecular flexibility index (Phi) is 2.11. The molecule has 0 aliphatic carbocycles. The highest BCUT2D eigenvalue weighted by atomic mass is 16.5. The van der Waals surface area contributed by atoms with Crippen molar-refractivity contribution in [2.45, 2.75) is 6.92 Å². The van der Waals surface area contributed by atoms with E-state index < -0.39 is 0 Å². The highest BCUT2D eigenvalue weighted by Gasteiger charge is 2.10. The van der Waals surface area contributed by atoms with Crippen LogP contribution in [0.15, 0.2) is 18.2 Å². The fourth-order valence-corrected chi connectivity index (χ4v) is 1.67. The van der Waals surface area contributed by atoms with Crippen LogP contribution in [0.5, 0.6) is 0 Å². The van der Waals surface area contributed by atoms with Gasteiger partial charge in [0.15, 0.2) is 0 Å². The maximum absolute atomic E-state index is 11.3. The summed E-state index contributed by atoms with van der Waals surface area (Å²) in [6, 6.07) is 5.45. The first kappa shape index (κ1) is 9.58. The number of benzene rings is 1. The summed E-state index contributed by atoms with van der Waals surface area (Å²) < 4.78 is 4.63. The summed E-state index contributed by atoms with van der Waals surface area (Å²) in [5, 5.41) is 0.990. The molecule has 4 nitrogen and oxygen atoms in total. The fraction of sp³-hybridized carbons (Fsp3) is 0.182. The molecule has 2 aromatic rings. The van der Waals surface area contributed by atoms with Crippen molar-refractivity contribution >= 4 is 22.6 Å². The first-order valence-corrected chi connectivity index (χ1v) is 4.59. The Morgan fingerprint density at radius 2 is 2.13 bits per heavy atom. The number of aryl methyl sites for hydroxylation is 1. The van der Waals surface area contributed by atoms with Crippen LogP contribution in [0.25, 0.3) is 10.9 Å². The number of ether oxygens (including phenoxy) is 1. The van der Waals surface area contributed by atoms with Crippen molar-refractivity contribution in [1.29, 1.82) is 0 Å². The summed E-state index contributed by atoms with van der Waals surface area (Å²) in [5.41, 5.74) is 8.72.